The highest BCUT2D eigenvalue weighted by atomic mass is 16.3. The van der Waals surface area contributed by atoms with E-state index >= 15 is 0 Å². The molecular weight excluding hydrogens is 308 g/mol. The number of rotatable bonds is 4. The molecule has 0 spiro atoms. The minimum Gasteiger partial charge on any atom is -0.507 e. The first kappa shape index (κ1) is 18.1. The van der Waals surface area contributed by atoms with Gasteiger partial charge in [-0.2, -0.15) is 0 Å². The van der Waals surface area contributed by atoms with Crippen molar-refractivity contribution in [1.29, 1.82) is 0 Å². The molecule has 0 amide bonds. The number of hydrogen-bond acceptors (Lipinski definition) is 2. The molecule has 2 heteroatoms. The van der Waals surface area contributed by atoms with E-state index in [0.717, 1.165) is 24.0 Å². The third-order valence-electron chi connectivity index (χ3n) is 7.08. The summed E-state index contributed by atoms with van der Waals surface area (Å²) < 4.78 is 0. The summed E-state index contributed by atoms with van der Waals surface area (Å²) in [6.07, 6.45) is 6.67. The van der Waals surface area contributed by atoms with Crippen LogP contribution in [0.4, 0.5) is 0 Å². The fraction of sp³-hybridized carbons (Fsp3) is 0.565. The molecule has 2 atom stereocenters. The quantitative estimate of drug-likeness (QED) is 0.641. The van der Waals surface area contributed by atoms with Crippen molar-refractivity contribution in [3.63, 3.8) is 0 Å². The highest BCUT2D eigenvalue weighted by Gasteiger charge is 2.51. The third-order valence-corrected chi connectivity index (χ3v) is 7.08. The van der Waals surface area contributed by atoms with Gasteiger partial charge in [0.1, 0.15) is 11.5 Å². The summed E-state index contributed by atoms with van der Waals surface area (Å²) in [5, 5.41) is 21.7. The molecule has 1 saturated carbocycles. The first-order valence-electron chi connectivity index (χ1n) is 9.46. The maximum atomic E-state index is 10.8. The van der Waals surface area contributed by atoms with Gasteiger partial charge in [0.05, 0.1) is 0 Å². The van der Waals surface area contributed by atoms with Crippen LogP contribution in [-0.4, -0.2) is 10.2 Å². The summed E-state index contributed by atoms with van der Waals surface area (Å²) in [5.74, 6) is 0.698. The van der Waals surface area contributed by atoms with Crippen LogP contribution in [0, 0.1) is 11.3 Å². The SMILES string of the molecule is C=C(C)[C@@H]1CCC(C)=C[C@H]1c1c(O)cc(C(C)(C)C2(C)CC2)cc1O. The van der Waals surface area contributed by atoms with E-state index in [4.69, 9.17) is 0 Å². The first-order chi connectivity index (χ1) is 11.6. The third kappa shape index (κ3) is 3.01. The fourth-order valence-electron chi connectivity index (χ4n) is 4.39. The van der Waals surface area contributed by atoms with E-state index in [0.29, 0.717) is 5.56 Å². The number of phenols is 2. The molecule has 0 aromatic heterocycles. The fourth-order valence-corrected chi connectivity index (χ4v) is 4.39. The lowest BCUT2D eigenvalue weighted by Gasteiger charge is -2.35. The molecule has 2 nitrogen and oxygen atoms in total. The minimum atomic E-state index is -0.0629. The van der Waals surface area contributed by atoms with E-state index in [9.17, 15) is 10.2 Å². The molecule has 0 bridgehead atoms. The van der Waals surface area contributed by atoms with Crippen LogP contribution < -0.4 is 0 Å². The summed E-state index contributed by atoms with van der Waals surface area (Å²) >= 11 is 0. The molecule has 0 heterocycles. The second-order valence-electron chi connectivity index (χ2n) is 9.14. The van der Waals surface area contributed by atoms with Crippen molar-refractivity contribution in [1.82, 2.24) is 0 Å². The van der Waals surface area contributed by atoms with Crippen LogP contribution in [0.2, 0.25) is 0 Å². The molecule has 1 fully saturated rings. The molecule has 2 N–H and O–H groups in total. The standard InChI is InChI=1S/C23H32O2/c1-14(2)17-8-7-15(3)11-18(17)21-19(24)12-16(13-20(21)25)22(4,5)23(6)9-10-23/h11-13,17-18,24-25H,1,7-10H2,2-6H3/t17-,18+/m0/s1. The van der Waals surface area contributed by atoms with E-state index in [2.05, 4.69) is 40.3 Å². The Kier molecular flexibility index (Phi) is 4.29. The van der Waals surface area contributed by atoms with Crippen molar-refractivity contribution in [3.05, 3.63) is 47.1 Å². The second-order valence-corrected chi connectivity index (χ2v) is 9.14. The maximum Gasteiger partial charge on any atom is 0.123 e. The van der Waals surface area contributed by atoms with E-state index in [-0.39, 0.29) is 34.2 Å². The van der Waals surface area contributed by atoms with Crippen LogP contribution in [-0.2, 0) is 5.41 Å². The highest BCUT2D eigenvalue weighted by Crippen LogP contribution is 2.60. The molecule has 136 valence electrons. The van der Waals surface area contributed by atoms with Gasteiger partial charge in [-0.15, -0.1) is 0 Å². The zero-order valence-corrected chi connectivity index (χ0v) is 16.3. The molecule has 25 heavy (non-hydrogen) atoms. The smallest absolute Gasteiger partial charge is 0.123 e. The zero-order valence-electron chi connectivity index (χ0n) is 16.3. The van der Waals surface area contributed by atoms with Crippen LogP contribution in [0.5, 0.6) is 11.5 Å². The van der Waals surface area contributed by atoms with Gasteiger partial charge in [-0.3, -0.25) is 0 Å². The van der Waals surface area contributed by atoms with Crippen molar-refractivity contribution in [3.8, 4) is 11.5 Å². The van der Waals surface area contributed by atoms with Crippen LogP contribution in [0.25, 0.3) is 0 Å². The van der Waals surface area contributed by atoms with Gasteiger partial charge in [-0.25, -0.2) is 0 Å². The van der Waals surface area contributed by atoms with Gasteiger partial charge in [0.15, 0.2) is 0 Å². The summed E-state index contributed by atoms with van der Waals surface area (Å²) in [4.78, 5) is 0. The zero-order chi connectivity index (χ0) is 18.6. The van der Waals surface area contributed by atoms with Crippen LogP contribution in [0.15, 0.2) is 35.9 Å². The lowest BCUT2D eigenvalue weighted by Crippen LogP contribution is -2.28. The lowest BCUT2D eigenvalue weighted by atomic mass is 9.70. The number of aromatic hydroxyl groups is 2. The summed E-state index contributed by atoms with van der Waals surface area (Å²) in [6, 6.07) is 3.76. The topological polar surface area (TPSA) is 40.5 Å². The van der Waals surface area contributed by atoms with E-state index < -0.39 is 0 Å². The molecule has 2 aliphatic carbocycles. The Morgan fingerprint density at radius 2 is 1.76 bits per heavy atom. The van der Waals surface area contributed by atoms with Crippen molar-refractivity contribution < 1.29 is 10.2 Å². The Balaban J connectivity index is 2.06. The molecule has 3 rings (SSSR count). The lowest BCUT2D eigenvalue weighted by molar-refractivity contribution is 0.316. The molecule has 0 radical (unpaired) electrons. The van der Waals surface area contributed by atoms with E-state index in [1.54, 1.807) is 0 Å². The van der Waals surface area contributed by atoms with E-state index in [1.165, 1.54) is 18.4 Å². The number of benzene rings is 1. The van der Waals surface area contributed by atoms with Crippen LogP contribution >= 0.6 is 0 Å². The van der Waals surface area contributed by atoms with Crippen LogP contribution in [0.1, 0.15) is 77.3 Å². The van der Waals surface area contributed by atoms with Crippen molar-refractivity contribution in [2.75, 3.05) is 0 Å². The van der Waals surface area contributed by atoms with Crippen molar-refractivity contribution in [2.45, 2.75) is 71.6 Å². The Bertz CT molecular complexity index is 711. The average molecular weight is 341 g/mol. The Morgan fingerprint density at radius 1 is 1.20 bits per heavy atom. The largest absolute Gasteiger partial charge is 0.507 e. The molecular formula is C23H32O2. The van der Waals surface area contributed by atoms with E-state index in [1.807, 2.05) is 19.1 Å². The number of phenolic OH excluding ortho intramolecular Hbond substituents is 2. The summed E-state index contributed by atoms with van der Waals surface area (Å²) in [6.45, 7) is 15.0. The molecule has 0 unspecified atom stereocenters. The van der Waals surface area contributed by atoms with Gasteiger partial charge >= 0.3 is 0 Å². The molecule has 1 aromatic rings. The predicted molar refractivity (Wildman–Crippen MR) is 104 cm³/mol. The molecule has 0 aliphatic heterocycles. The van der Waals surface area contributed by atoms with Gasteiger partial charge < -0.3 is 10.2 Å². The second kappa shape index (κ2) is 5.93. The Morgan fingerprint density at radius 3 is 2.24 bits per heavy atom. The normalized spacial score (nSPS) is 25.4. The highest BCUT2D eigenvalue weighted by molar-refractivity contribution is 5.53. The monoisotopic (exact) mass is 340 g/mol. The number of allylic oxidation sites excluding steroid dienone is 3. The van der Waals surface area contributed by atoms with Gasteiger partial charge in [-0.05, 0) is 74.0 Å². The van der Waals surface area contributed by atoms with Gasteiger partial charge in [0, 0.05) is 11.5 Å². The Labute approximate surface area is 152 Å². The molecule has 0 saturated heterocycles. The first-order valence-corrected chi connectivity index (χ1v) is 9.46. The minimum absolute atomic E-state index is 0.0000704. The van der Waals surface area contributed by atoms with Gasteiger partial charge in [0.2, 0.25) is 0 Å². The summed E-state index contributed by atoms with van der Waals surface area (Å²) in [5.41, 5.74) is 4.31. The number of hydrogen-bond donors (Lipinski definition) is 2. The maximum absolute atomic E-state index is 10.8. The van der Waals surface area contributed by atoms with Gasteiger partial charge in [-0.1, -0.05) is 44.6 Å². The van der Waals surface area contributed by atoms with Crippen molar-refractivity contribution in [2.24, 2.45) is 11.3 Å². The average Bonchev–Trinajstić information content (AvgIpc) is 3.26. The van der Waals surface area contributed by atoms with Gasteiger partial charge in [0.25, 0.3) is 0 Å². The Hall–Kier alpha value is -1.70. The molecule has 1 aromatic carbocycles. The van der Waals surface area contributed by atoms with Crippen molar-refractivity contribution >= 4 is 0 Å². The predicted octanol–water partition coefficient (Wildman–Crippen LogP) is 6.19. The van der Waals surface area contributed by atoms with Crippen LogP contribution in [0.3, 0.4) is 0 Å². The summed E-state index contributed by atoms with van der Waals surface area (Å²) in [7, 11) is 0. The molecule has 2 aliphatic rings.